The quantitative estimate of drug-likeness (QED) is 0.347. The minimum atomic E-state index is -6.35. The minimum Gasteiger partial charge on any atom is -0.371 e. The Hall–Kier alpha value is -1.17. The van der Waals surface area contributed by atoms with E-state index in [1.807, 2.05) is 0 Å². The van der Waals surface area contributed by atoms with E-state index in [2.05, 4.69) is 9.47 Å². The van der Waals surface area contributed by atoms with Gasteiger partial charge in [0.2, 0.25) is 0 Å². The highest BCUT2D eigenvalue weighted by Gasteiger charge is 2.65. The van der Waals surface area contributed by atoms with Gasteiger partial charge in [0.1, 0.15) is 13.3 Å². The van der Waals surface area contributed by atoms with Gasteiger partial charge in [-0.1, -0.05) is 0 Å². The first-order chi connectivity index (χ1) is 14.2. The third kappa shape index (κ3) is 6.68. The summed E-state index contributed by atoms with van der Waals surface area (Å²) >= 11 is 0. The zero-order valence-corrected chi connectivity index (χ0v) is 15.3. The lowest BCUT2D eigenvalue weighted by molar-refractivity contribution is -0.308. The van der Waals surface area contributed by atoms with Crippen LogP contribution in [-0.4, -0.2) is 92.7 Å². The summed E-state index contributed by atoms with van der Waals surface area (Å²) in [5, 5.41) is 0. The van der Waals surface area contributed by atoms with Gasteiger partial charge in [0.25, 0.3) is 11.8 Å². The van der Waals surface area contributed by atoms with Gasteiger partial charge in [-0.2, -0.15) is 39.5 Å². The summed E-state index contributed by atoms with van der Waals surface area (Å²) in [6.07, 6.45) is -32.1. The van der Waals surface area contributed by atoms with Gasteiger partial charge in [0, 0.05) is 13.1 Å². The number of rotatable bonds is 8. The maximum absolute atomic E-state index is 14.5. The van der Waals surface area contributed by atoms with Crippen molar-refractivity contribution in [3.05, 3.63) is 0 Å². The van der Waals surface area contributed by atoms with Gasteiger partial charge < -0.3 is 9.47 Å². The van der Waals surface area contributed by atoms with Crippen molar-refractivity contribution in [3.8, 4) is 0 Å². The van der Waals surface area contributed by atoms with Crippen LogP contribution in [0.2, 0.25) is 0 Å². The van der Waals surface area contributed by atoms with Crippen molar-refractivity contribution in [1.82, 2.24) is 4.90 Å². The lowest BCUT2D eigenvalue weighted by atomic mass is 10.0. The van der Waals surface area contributed by atoms with Crippen LogP contribution in [0.25, 0.3) is 0 Å². The molecule has 0 aromatic rings. The van der Waals surface area contributed by atoms with E-state index in [0.717, 1.165) is 0 Å². The average molecular weight is 513 g/mol. The molecule has 5 unspecified atom stereocenters. The highest BCUT2D eigenvalue weighted by molar-refractivity contribution is 4.97. The van der Waals surface area contributed by atoms with Crippen LogP contribution in [0.4, 0.5) is 65.9 Å². The Morgan fingerprint density at radius 3 is 1.78 bits per heavy atom. The standard InChI is InChI=1S/C14H14F15NO2/c15-1-6-2-30(3-7(32-6)12(21,22)23)9(17)10(18,14(27,28)29)4-31-5-11(19,20)8(16)13(24,25)26/h6-9H,1-5H2. The van der Waals surface area contributed by atoms with Gasteiger partial charge in [-0.25, -0.2) is 26.3 Å². The second-order valence-corrected chi connectivity index (χ2v) is 6.75. The molecule has 0 spiro atoms. The number of hydrogen-bond acceptors (Lipinski definition) is 3. The summed E-state index contributed by atoms with van der Waals surface area (Å²) in [5.41, 5.74) is -5.36. The Balaban J connectivity index is 3.05. The summed E-state index contributed by atoms with van der Waals surface area (Å²) in [5.74, 6) is -5.50. The minimum absolute atomic E-state index is 0.464. The van der Waals surface area contributed by atoms with E-state index >= 15 is 0 Å². The van der Waals surface area contributed by atoms with Crippen LogP contribution in [-0.2, 0) is 9.47 Å². The zero-order valence-electron chi connectivity index (χ0n) is 15.3. The summed E-state index contributed by atoms with van der Waals surface area (Å²) < 4.78 is 202. The molecule has 18 heteroatoms. The van der Waals surface area contributed by atoms with Crippen molar-refractivity contribution in [2.24, 2.45) is 0 Å². The molecule has 0 bridgehead atoms. The number of alkyl halides is 15. The molecule has 1 saturated heterocycles. The van der Waals surface area contributed by atoms with E-state index in [0.29, 0.717) is 0 Å². The maximum Gasteiger partial charge on any atom is 0.429 e. The first-order valence-corrected chi connectivity index (χ1v) is 8.25. The van der Waals surface area contributed by atoms with Crippen LogP contribution in [0.5, 0.6) is 0 Å². The highest BCUT2D eigenvalue weighted by atomic mass is 19.4. The lowest BCUT2D eigenvalue weighted by Gasteiger charge is -2.43. The van der Waals surface area contributed by atoms with Crippen molar-refractivity contribution in [2.45, 2.75) is 54.8 Å². The second-order valence-electron chi connectivity index (χ2n) is 6.75. The number of ether oxygens (including phenoxy) is 2. The molecule has 0 aliphatic carbocycles. The molecular formula is C14H14F15NO2. The molecule has 1 aliphatic rings. The van der Waals surface area contributed by atoms with Gasteiger partial charge in [0.15, 0.2) is 12.4 Å². The van der Waals surface area contributed by atoms with Crippen LogP contribution in [0.1, 0.15) is 0 Å². The van der Waals surface area contributed by atoms with E-state index in [1.54, 1.807) is 0 Å². The van der Waals surface area contributed by atoms with Crippen LogP contribution >= 0.6 is 0 Å². The SMILES string of the molecule is FCC1CN(C(F)C(F)(COCC(F)(F)C(F)C(F)(F)F)C(F)(F)F)CC(C(F)(F)F)O1. The third-order valence-electron chi connectivity index (χ3n) is 4.17. The van der Waals surface area contributed by atoms with E-state index in [1.165, 1.54) is 0 Å². The van der Waals surface area contributed by atoms with Crippen LogP contribution in [0, 0.1) is 0 Å². The molecule has 0 radical (unpaired) electrons. The fourth-order valence-corrected chi connectivity index (χ4v) is 2.54. The summed E-state index contributed by atoms with van der Waals surface area (Å²) in [6, 6.07) is 0. The molecular weight excluding hydrogens is 499 g/mol. The van der Waals surface area contributed by atoms with Gasteiger partial charge in [-0.05, 0) is 0 Å². The maximum atomic E-state index is 14.5. The Morgan fingerprint density at radius 2 is 1.38 bits per heavy atom. The molecule has 192 valence electrons. The summed E-state index contributed by atoms with van der Waals surface area (Å²) in [7, 11) is 0. The van der Waals surface area contributed by atoms with Crippen molar-refractivity contribution in [3.63, 3.8) is 0 Å². The molecule has 1 rings (SSSR count). The van der Waals surface area contributed by atoms with Crippen molar-refractivity contribution in [1.29, 1.82) is 0 Å². The third-order valence-corrected chi connectivity index (χ3v) is 4.17. The topological polar surface area (TPSA) is 21.7 Å². The fourth-order valence-electron chi connectivity index (χ4n) is 2.54. The molecule has 0 aromatic heterocycles. The van der Waals surface area contributed by atoms with Crippen LogP contribution in [0.3, 0.4) is 0 Å². The van der Waals surface area contributed by atoms with Gasteiger partial charge in [-0.3, -0.25) is 4.90 Å². The van der Waals surface area contributed by atoms with Crippen molar-refractivity contribution in [2.75, 3.05) is 33.0 Å². The van der Waals surface area contributed by atoms with Gasteiger partial charge in [0.05, 0.1) is 12.7 Å². The molecule has 0 saturated carbocycles. The number of nitrogens with zero attached hydrogens (tertiary/aromatic N) is 1. The van der Waals surface area contributed by atoms with Gasteiger partial charge >= 0.3 is 24.5 Å². The van der Waals surface area contributed by atoms with Crippen molar-refractivity contribution < 1.29 is 75.3 Å². The average Bonchev–Trinajstić information content (AvgIpc) is 2.63. The number of morpholine rings is 1. The Kier molecular flexibility index (Phi) is 8.66. The van der Waals surface area contributed by atoms with E-state index in [9.17, 15) is 65.9 Å². The first kappa shape index (κ1) is 28.9. The normalized spacial score (nSPS) is 26.0. The molecule has 0 amide bonds. The number of hydrogen-bond donors (Lipinski definition) is 0. The number of halogens is 15. The highest BCUT2D eigenvalue weighted by Crippen LogP contribution is 2.42. The molecule has 3 nitrogen and oxygen atoms in total. The first-order valence-electron chi connectivity index (χ1n) is 8.25. The van der Waals surface area contributed by atoms with Crippen LogP contribution in [0.15, 0.2) is 0 Å². The molecule has 32 heavy (non-hydrogen) atoms. The summed E-state index contributed by atoms with van der Waals surface area (Å²) in [4.78, 5) is -0.464. The molecule has 1 aliphatic heterocycles. The van der Waals surface area contributed by atoms with Crippen LogP contribution < -0.4 is 0 Å². The largest absolute Gasteiger partial charge is 0.429 e. The predicted octanol–water partition coefficient (Wildman–Crippen LogP) is 4.71. The molecule has 5 atom stereocenters. The molecule has 1 fully saturated rings. The van der Waals surface area contributed by atoms with E-state index in [-0.39, 0.29) is 0 Å². The second kappa shape index (κ2) is 9.60. The van der Waals surface area contributed by atoms with E-state index < -0.39 is 92.7 Å². The molecule has 0 aromatic carbocycles. The summed E-state index contributed by atoms with van der Waals surface area (Å²) in [6.45, 7) is -10.4. The fraction of sp³-hybridized carbons (Fsp3) is 1.00. The lowest BCUT2D eigenvalue weighted by Crippen LogP contribution is -2.64. The zero-order chi connectivity index (χ0) is 25.3. The molecule has 0 N–H and O–H groups in total. The monoisotopic (exact) mass is 513 g/mol. The predicted molar refractivity (Wildman–Crippen MR) is 73.8 cm³/mol. The van der Waals surface area contributed by atoms with Crippen molar-refractivity contribution >= 4 is 0 Å². The Bertz CT molecular complexity index is 606. The molecule has 1 heterocycles. The smallest absolute Gasteiger partial charge is 0.371 e. The Labute approximate surface area is 169 Å². The Morgan fingerprint density at radius 1 is 0.844 bits per heavy atom. The van der Waals surface area contributed by atoms with Gasteiger partial charge in [-0.15, -0.1) is 0 Å². The van der Waals surface area contributed by atoms with E-state index in [4.69, 9.17) is 0 Å².